The molecule has 4 rings (SSSR count). The van der Waals surface area contributed by atoms with Gasteiger partial charge in [0.2, 0.25) is 11.6 Å². The summed E-state index contributed by atoms with van der Waals surface area (Å²) in [4.78, 5) is 0. The quantitative estimate of drug-likeness (QED) is 0.306. The number of halogens is 3. The van der Waals surface area contributed by atoms with Crippen molar-refractivity contribution in [3.8, 4) is 11.5 Å². The van der Waals surface area contributed by atoms with Gasteiger partial charge in [-0.15, -0.1) is 0 Å². The summed E-state index contributed by atoms with van der Waals surface area (Å²) in [5.41, 5.74) is 4.58. The average Bonchev–Trinajstić information content (AvgIpc) is 2.90. The summed E-state index contributed by atoms with van der Waals surface area (Å²) >= 11 is 0. The molecule has 1 saturated carbocycles. The number of allylic oxidation sites excluding steroid dienone is 1. The van der Waals surface area contributed by atoms with Crippen molar-refractivity contribution in [1.29, 1.82) is 0 Å². The molecule has 184 valence electrons. The minimum absolute atomic E-state index is 0.112. The zero-order valence-electron chi connectivity index (χ0n) is 20.0. The first-order chi connectivity index (χ1) is 17.1. The van der Waals surface area contributed by atoms with Crippen LogP contribution in [0, 0.1) is 11.6 Å². The maximum atomic E-state index is 14.2. The van der Waals surface area contributed by atoms with Crippen LogP contribution in [0.15, 0.2) is 66.7 Å². The van der Waals surface area contributed by atoms with E-state index in [1.165, 1.54) is 29.3 Å². The predicted octanol–water partition coefficient (Wildman–Crippen LogP) is 8.37. The first-order valence-corrected chi connectivity index (χ1v) is 12.2. The molecule has 0 heterocycles. The van der Waals surface area contributed by atoms with E-state index in [0.717, 1.165) is 36.8 Å². The highest BCUT2D eigenvalue weighted by Crippen LogP contribution is 2.40. The molecule has 0 saturated heterocycles. The van der Waals surface area contributed by atoms with Crippen LogP contribution in [0.4, 0.5) is 13.2 Å². The SMILES string of the molecule is CCOc1ccc(OCc2ccc(C3CCC(c4ccc(/C=C/CF)cc4)CC3)cc2)c(F)c1F. The molecule has 3 aromatic carbocycles. The van der Waals surface area contributed by atoms with Crippen LogP contribution in [0.1, 0.15) is 66.7 Å². The molecule has 35 heavy (non-hydrogen) atoms. The van der Waals surface area contributed by atoms with Gasteiger partial charge in [0.15, 0.2) is 11.5 Å². The van der Waals surface area contributed by atoms with Crippen molar-refractivity contribution in [2.75, 3.05) is 13.3 Å². The predicted molar refractivity (Wildman–Crippen MR) is 134 cm³/mol. The third-order valence-corrected chi connectivity index (χ3v) is 6.69. The molecule has 1 aliphatic rings. The number of alkyl halides is 1. The van der Waals surface area contributed by atoms with Gasteiger partial charge < -0.3 is 9.47 Å². The minimum atomic E-state index is -1.03. The number of benzene rings is 3. The van der Waals surface area contributed by atoms with Gasteiger partial charge in [0.25, 0.3) is 0 Å². The van der Waals surface area contributed by atoms with Crippen molar-refractivity contribution in [3.05, 3.63) is 101 Å². The lowest BCUT2D eigenvalue weighted by Gasteiger charge is -2.29. The second kappa shape index (κ2) is 12.0. The summed E-state index contributed by atoms with van der Waals surface area (Å²) in [6.45, 7) is 1.69. The van der Waals surface area contributed by atoms with Crippen LogP contribution in [0.25, 0.3) is 6.08 Å². The van der Waals surface area contributed by atoms with Crippen LogP contribution < -0.4 is 9.47 Å². The van der Waals surface area contributed by atoms with Crippen LogP contribution in [0.3, 0.4) is 0 Å². The first-order valence-electron chi connectivity index (χ1n) is 12.2. The Morgan fingerprint density at radius 2 is 1.26 bits per heavy atom. The molecule has 0 amide bonds. The van der Waals surface area contributed by atoms with Gasteiger partial charge in [-0.05, 0) is 78.8 Å². The zero-order chi connectivity index (χ0) is 24.6. The smallest absolute Gasteiger partial charge is 0.204 e. The van der Waals surface area contributed by atoms with Gasteiger partial charge in [0, 0.05) is 0 Å². The molecule has 0 N–H and O–H groups in total. The second-order valence-electron chi connectivity index (χ2n) is 8.92. The van der Waals surface area contributed by atoms with Gasteiger partial charge in [-0.3, -0.25) is 0 Å². The summed E-state index contributed by atoms with van der Waals surface area (Å²) in [7, 11) is 0. The van der Waals surface area contributed by atoms with Crippen LogP contribution in [0.5, 0.6) is 11.5 Å². The van der Waals surface area contributed by atoms with E-state index < -0.39 is 18.3 Å². The van der Waals surface area contributed by atoms with Crippen LogP contribution in [0.2, 0.25) is 0 Å². The third-order valence-electron chi connectivity index (χ3n) is 6.69. The summed E-state index contributed by atoms with van der Waals surface area (Å²) in [5, 5.41) is 0. The first kappa shape index (κ1) is 24.9. The Morgan fingerprint density at radius 3 is 1.77 bits per heavy atom. The summed E-state index contributed by atoms with van der Waals surface area (Å²) in [6.07, 6.45) is 7.86. The van der Waals surface area contributed by atoms with Crippen molar-refractivity contribution in [1.82, 2.24) is 0 Å². The molecule has 1 aliphatic carbocycles. The molecule has 0 atom stereocenters. The number of hydrogen-bond donors (Lipinski definition) is 0. The highest BCUT2D eigenvalue weighted by atomic mass is 19.2. The molecule has 1 fully saturated rings. The lowest BCUT2D eigenvalue weighted by molar-refractivity contribution is 0.274. The minimum Gasteiger partial charge on any atom is -0.491 e. The average molecular weight is 481 g/mol. The van der Waals surface area contributed by atoms with Gasteiger partial charge in [0.05, 0.1) is 6.61 Å². The zero-order valence-corrected chi connectivity index (χ0v) is 20.0. The monoisotopic (exact) mass is 480 g/mol. The van der Waals surface area contributed by atoms with E-state index in [1.807, 2.05) is 18.2 Å². The number of ether oxygens (including phenoxy) is 2. The topological polar surface area (TPSA) is 18.5 Å². The molecule has 0 spiro atoms. The third kappa shape index (κ3) is 6.27. The Bertz CT molecular complexity index is 1120. The summed E-state index contributed by atoms with van der Waals surface area (Å²) in [5.74, 6) is -1.22. The Balaban J connectivity index is 1.30. The number of rotatable bonds is 9. The van der Waals surface area contributed by atoms with E-state index in [9.17, 15) is 13.2 Å². The van der Waals surface area contributed by atoms with E-state index in [-0.39, 0.29) is 24.7 Å². The molecule has 0 aromatic heterocycles. The summed E-state index contributed by atoms with van der Waals surface area (Å²) < 4.78 is 51.1. The van der Waals surface area contributed by atoms with E-state index in [4.69, 9.17) is 9.47 Å². The van der Waals surface area contributed by atoms with Gasteiger partial charge in [-0.2, -0.15) is 8.78 Å². The standard InChI is InChI=1S/C30H31F3O2/c1-2-34-27-17-18-28(30(33)29(27)32)35-20-22-7-11-24(12-8-22)26-15-13-25(14-16-26)23-9-5-21(6-10-23)4-3-19-31/h3-12,17-18,25-26H,2,13-16,19-20H2,1H3/b4-3+. The Labute approximate surface area is 205 Å². The van der Waals surface area contributed by atoms with Gasteiger partial charge in [-0.1, -0.05) is 60.7 Å². The number of hydrogen-bond acceptors (Lipinski definition) is 2. The Kier molecular flexibility index (Phi) is 8.51. The van der Waals surface area contributed by atoms with Gasteiger partial charge >= 0.3 is 0 Å². The lowest BCUT2D eigenvalue weighted by Crippen LogP contribution is -2.12. The Hall–Kier alpha value is -3.21. The molecule has 5 heteroatoms. The van der Waals surface area contributed by atoms with Crippen LogP contribution in [-0.4, -0.2) is 13.3 Å². The molecule has 0 unspecified atom stereocenters. The second-order valence-corrected chi connectivity index (χ2v) is 8.92. The molecule has 0 radical (unpaired) electrons. The normalized spacial score (nSPS) is 18.1. The van der Waals surface area contributed by atoms with Crippen molar-refractivity contribution in [2.24, 2.45) is 0 Å². The van der Waals surface area contributed by atoms with Gasteiger partial charge in [0.1, 0.15) is 13.3 Å². The molecule has 2 nitrogen and oxygen atoms in total. The van der Waals surface area contributed by atoms with Crippen molar-refractivity contribution >= 4 is 6.08 Å². The lowest BCUT2D eigenvalue weighted by atomic mass is 9.76. The van der Waals surface area contributed by atoms with Crippen LogP contribution >= 0.6 is 0 Å². The van der Waals surface area contributed by atoms with E-state index in [2.05, 4.69) is 36.4 Å². The largest absolute Gasteiger partial charge is 0.491 e. The fraction of sp³-hybridized carbons (Fsp3) is 0.333. The molecular formula is C30H31F3O2. The van der Waals surface area contributed by atoms with Crippen molar-refractivity contribution < 1.29 is 22.6 Å². The highest BCUT2D eigenvalue weighted by Gasteiger charge is 2.23. The fourth-order valence-electron chi connectivity index (χ4n) is 4.76. The summed E-state index contributed by atoms with van der Waals surface area (Å²) in [6, 6.07) is 19.4. The maximum absolute atomic E-state index is 14.2. The fourth-order valence-corrected chi connectivity index (χ4v) is 4.76. The van der Waals surface area contributed by atoms with E-state index in [0.29, 0.717) is 11.8 Å². The molecular weight excluding hydrogens is 449 g/mol. The van der Waals surface area contributed by atoms with E-state index >= 15 is 0 Å². The van der Waals surface area contributed by atoms with Crippen molar-refractivity contribution in [2.45, 2.75) is 51.0 Å². The Morgan fingerprint density at radius 1 is 0.743 bits per heavy atom. The molecule has 3 aromatic rings. The molecule has 0 aliphatic heterocycles. The van der Waals surface area contributed by atoms with E-state index in [1.54, 1.807) is 6.92 Å². The highest BCUT2D eigenvalue weighted by molar-refractivity contribution is 5.50. The maximum Gasteiger partial charge on any atom is 0.204 e. The van der Waals surface area contributed by atoms with Gasteiger partial charge in [-0.25, -0.2) is 4.39 Å². The van der Waals surface area contributed by atoms with Crippen molar-refractivity contribution in [3.63, 3.8) is 0 Å². The van der Waals surface area contributed by atoms with Crippen LogP contribution in [-0.2, 0) is 6.61 Å². The molecule has 0 bridgehead atoms.